The molecule has 0 aliphatic carbocycles. The SMILES string of the molecule is Cc1nc2scc(-c3cccs3)c2c(=O)n1C1CCN(C)CC1. The maximum atomic E-state index is 13.2. The predicted octanol–water partition coefficient (Wildman–Crippen LogP) is 3.76. The lowest BCUT2D eigenvalue weighted by molar-refractivity contribution is 0.216. The van der Waals surface area contributed by atoms with Crippen molar-refractivity contribution in [2.75, 3.05) is 20.1 Å². The maximum Gasteiger partial charge on any atom is 0.263 e. The average molecular weight is 345 g/mol. The number of aromatic nitrogens is 2. The van der Waals surface area contributed by atoms with Crippen LogP contribution >= 0.6 is 22.7 Å². The summed E-state index contributed by atoms with van der Waals surface area (Å²) in [7, 11) is 2.14. The zero-order valence-electron chi connectivity index (χ0n) is 13.3. The smallest absolute Gasteiger partial charge is 0.263 e. The van der Waals surface area contributed by atoms with Crippen LogP contribution in [0.15, 0.2) is 27.7 Å². The highest BCUT2D eigenvalue weighted by Crippen LogP contribution is 2.34. The van der Waals surface area contributed by atoms with E-state index in [4.69, 9.17) is 4.98 Å². The first kappa shape index (κ1) is 15.1. The molecule has 23 heavy (non-hydrogen) atoms. The van der Waals surface area contributed by atoms with Crippen molar-refractivity contribution in [2.45, 2.75) is 25.8 Å². The first-order valence-corrected chi connectivity index (χ1v) is 9.64. The van der Waals surface area contributed by atoms with Crippen molar-refractivity contribution in [2.24, 2.45) is 0 Å². The van der Waals surface area contributed by atoms with Crippen molar-refractivity contribution in [1.29, 1.82) is 0 Å². The van der Waals surface area contributed by atoms with Gasteiger partial charge in [-0.2, -0.15) is 0 Å². The van der Waals surface area contributed by atoms with Gasteiger partial charge in [-0.3, -0.25) is 9.36 Å². The molecule has 0 spiro atoms. The fourth-order valence-electron chi connectivity index (χ4n) is 3.40. The first-order valence-electron chi connectivity index (χ1n) is 7.88. The molecule has 6 heteroatoms. The van der Waals surface area contributed by atoms with Crippen LogP contribution in [-0.2, 0) is 0 Å². The van der Waals surface area contributed by atoms with Gasteiger partial charge in [-0.25, -0.2) is 4.98 Å². The molecule has 0 N–H and O–H groups in total. The molecule has 120 valence electrons. The minimum atomic E-state index is 0.131. The van der Waals surface area contributed by atoms with Crippen molar-refractivity contribution in [3.63, 3.8) is 0 Å². The Morgan fingerprint density at radius 1 is 1.26 bits per heavy atom. The van der Waals surface area contributed by atoms with Gasteiger partial charge >= 0.3 is 0 Å². The molecule has 0 amide bonds. The van der Waals surface area contributed by atoms with Crippen molar-refractivity contribution in [1.82, 2.24) is 14.5 Å². The lowest BCUT2D eigenvalue weighted by Gasteiger charge is -2.30. The van der Waals surface area contributed by atoms with Crippen molar-refractivity contribution in [3.8, 4) is 10.4 Å². The average Bonchev–Trinajstić information content (AvgIpc) is 3.17. The summed E-state index contributed by atoms with van der Waals surface area (Å²) < 4.78 is 1.94. The summed E-state index contributed by atoms with van der Waals surface area (Å²) in [4.78, 5) is 22.3. The van der Waals surface area contributed by atoms with Crippen LogP contribution in [0.1, 0.15) is 24.7 Å². The van der Waals surface area contributed by atoms with E-state index in [-0.39, 0.29) is 11.6 Å². The Bertz CT molecular complexity index is 887. The summed E-state index contributed by atoms with van der Waals surface area (Å²) in [5.41, 5.74) is 1.17. The number of fused-ring (bicyclic) bond motifs is 1. The molecular formula is C17H19N3OS2. The first-order chi connectivity index (χ1) is 11.1. The molecule has 3 aromatic rings. The van der Waals surface area contributed by atoms with Crippen molar-refractivity contribution >= 4 is 32.9 Å². The Morgan fingerprint density at radius 3 is 2.74 bits per heavy atom. The van der Waals surface area contributed by atoms with E-state index in [0.717, 1.165) is 52.4 Å². The topological polar surface area (TPSA) is 38.1 Å². The van der Waals surface area contributed by atoms with E-state index in [1.54, 1.807) is 22.7 Å². The monoisotopic (exact) mass is 345 g/mol. The van der Waals surface area contributed by atoms with Crippen LogP contribution in [0.2, 0.25) is 0 Å². The van der Waals surface area contributed by atoms with Crippen LogP contribution in [0.3, 0.4) is 0 Å². The van der Waals surface area contributed by atoms with Gasteiger partial charge in [0.2, 0.25) is 0 Å². The summed E-state index contributed by atoms with van der Waals surface area (Å²) in [6.45, 7) is 4.04. The standard InChI is InChI=1S/C17H19N3OS2/c1-11-18-16-15(13(10-23-16)14-4-3-9-22-14)17(21)20(11)12-5-7-19(2)8-6-12/h3-4,9-10,12H,5-8H2,1-2H3. The van der Waals surface area contributed by atoms with Gasteiger partial charge in [0.15, 0.2) is 0 Å². The Kier molecular flexibility index (Phi) is 3.83. The van der Waals surface area contributed by atoms with Crippen LogP contribution in [-0.4, -0.2) is 34.6 Å². The third-order valence-electron chi connectivity index (χ3n) is 4.66. The van der Waals surface area contributed by atoms with Crippen LogP contribution in [0, 0.1) is 6.92 Å². The Hall–Kier alpha value is -1.50. The molecule has 3 aromatic heterocycles. The summed E-state index contributed by atoms with van der Waals surface area (Å²) in [5.74, 6) is 0.844. The van der Waals surface area contributed by atoms with E-state index in [1.807, 2.05) is 17.6 Å². The molecule has 0 aromatic carbocycles. The number of nitrogens with zero attached hydrogens (tertiary/aromatic N) is 3. The van der Waals surface area contributed by atoms with Gasteiger partial charge in [0.25, 0.3) is 5.56 Å². The second-order valence-electron chi connectivity index (χ2n) is 6.18. The third-order valence-corrected chi connectivity index (χ3v) is 6.43. The second-order valence-corrected chi connectivity index (χ2v) is 7.98. The predicted molar refractivity (Wildman–Crippen MR) is 97.7 cm³/mol. The number of piperidine rings is 1. The van der Waals surface area contributed by atoms with Gasteiger partial charge in [-0.15, -0.1) is 22.7 Å². The van der Waals surface area contributed by atoms with Gasteiger partial charge in [0.05, 0.1) is 5.39 Å². The highest BCUT2D eigenvalue weighted by molar-refractivity contribution is 7.18. The second kappa shape index (κ2) is 5.85. The minimum absolute atomic E-state index is 0.131. The number of likely N-dealkylation sites (tertiary alicyclic amines) is 1. The lowest BCUT2D eigenvalue weighted by Crippen LogP contribution is -2.36. The summed E-state index contributed by atoms with van der Waals surface area (Å²) >= 11 is 3.24. The van der Waals surface area contributed by atoms with Crippen molar-refractivity contribution in [3.05, 3.63) is 39.1 Å². The highest BCUT2D eigenvalue weighted by Gasteiger charge is 2.23. The van der Waals surface area contributed by atoms with Gasteiger partial charge < -0.3 is 4.90 Å². The molecule has 4 heterocycles. The van der Waals surface area contributed by atoms with E-state index in [1.165, 1.54) is 0 Å². The number of thiophene rings is 2. The van der Waals surface area contributed by atoms with Crippen LogP contribution in [0.4, 0.5) is 0 Å². The number of aryl methyl sites for hydroxylation is 1. The largest absolute Gasteiger partial charge is 0.306 e. The summed E-state index contributed by atoms with van der Waals surface area (Å²) in [6.07, 6.45) is 2.03. The maximum absolute atomic E-state index is 13.2. The van der Waals surface area contributed by atoms with E-state index in [0.29, 0.717) is 0 Å². The lowest BCUT2D eigenvalue weighted by atomic mass is 10.0. The normalized spacial score (nSPS) is 17.1. The fourth-order valence-corrected chi connectivity index (χ4v) is 5.20. The molecule has 4 rings (SSSR count). The van der Waals surface area contributed by atoms with E-state index in [2.05, 4.69) is 28.8 Å². The Balaban J connectivity index is 1.88. The van der Waals surface area contributed by atoms with E-state index >= 15 is 0 Å². The molecule has 0 radical (unpaired) electrons. The molecule has 0 unspecified atom stereocenters. The highest BCUT2D eigenvalue weighted by atomic mass is 32.1. The molecule has 0 saturated carbocycles. The van der Waals surface area contributed by atoms with Crippen LogP contribution < -0.4 is 5.56 Å². The van der Waals surface area contributed by atoms with Crippen LogP contribution in [0.25, 0.3) is 20.7 Å². The molecule has 0 bridgehead atoms. The Labute approximate surface area is 143 Å². The van der Waals surface area contributed by atoms with Crippen molar-refractivity contribution < 1.29 is 0 Å². The van der Waals surface area contributed by atoms with Gasteiger partial charge in [0.1, 0.15) is 10.7 Å². The van der Waals surface area contributed by atoms with Gasteiger partial charge in [-0.05, 0) is 51.3 Å². The van der Waals surface area contributed by atoms with E-state index in [9.17, 15) is 4.79 Å². The quantitative estimate of drug-likeness (QED) is 0.710. The number of rotatable bonds is 2. The molecule has 0 atom stereocenters. The van der Waals surface area contributed by atoms with E-state index < -0.39 is 0 Å². The summed E-state index contributed by atoms with van der Waals surface area (Å²) in [5, 5.41) is 4.92. The summed E-state index contributed by atoms with van der Waals surface area (Å²) in [6, 6.07) is 4.37. The molecule has 1 aliphatic rings. The molecule has 1 fully saturated rings. The molecule has 4 nitrogen and oxygen atoms in total. The van der Waals surface area contributed by atoms with Gasteiger partial charge in [-0.1, -0.05) is 6.07 Å². The fraction of sp³-hybridized carbons (Fsp3) is 0.412. The minimum Gasteiger partial charge on any atom is -0.306 e. The zero-order valence-corrected chi connectivity index (χ0v) is 14.9. The number of hydrogen-bond donors (Lipinski definition) is 0. The zero-order chi connectivity index (χ0) is 16.0. The molecule has 1 saturated heterocycles. The van der Waals surface area contributed by atoms with Gasteiger partial charge in [0, 0.05) is 21.9 Å². The van der Waals surface area contributed by atoms with Crippen LogP contribution in [0.5, 0.6) is 0 Å². The molecule has 1 aliphatic heterocycles. The third kappa shape index (κ3) is 2.55. The number of hydrogen-bond acceptors (Lipinski definition) is 5. The molecular weight excluding hydrogens is 326 g/mol. The Morgan fingerprint density at radius 2 is 2.04 bits per heavy atom.